The summed E-state index contributed by atoms with van der Waals surface area (Å²) in [6, 6.07) is 4.02. The third kappa shape index (κ3) is 15.0. The highest BCUT2D eigenvalue weighted by Gasteiger charge is 2.29. The van der Waals surface area contributed by atoms with Crippen LogP contribution in [-0.2, 0) is 4.43 Å². The van der Waals surface area contributed by atoms with E-state index in [1.165, 1.54) is 114 Å². The summed E-state index contributed by atoms with van der Waals surface area (Å²) in [6.45, 7) is 10.2. The Hall–Kier alpha value is 0.177. The monoisotopic (exact) mass is 370 g/mol. The van der Waals surface area contributed by atoms with Crippen LogP contribution in [0.5, 0.6) is 0 Å². The molecule has 25 heavy (non-hydrogen) atoms. The second kappa shape index (κ2) is 19.0. The van der Waals surface area contributed by atoms with Crippen LogP contribution >= 0.6 is 0 Å². The van der Waals surface area contributed by atoms with Crippen LogP contribution in [0.15, 0.2) is 0 Å². The topological polar surface area (TPSA) is 9.23 Å². The number of hydrogen-bond donors (Lipinski definition) is 0. The van der Waals surface area contributed by atoms with Crippen LogP contribution in [0.4, 0.5) is 0 Å². The molecule has 0 aromatic heterocycles. The van der Waals surface area contributed by atoms with Crippen LogP contribution in [0.3, 0.4) is 0 Å². The normalized spacial score (nSPS) is 12.0. The van der Waals surface area contributed by atoms with Gasteiger partial charge in [0.25, 0.3) is 0 Å². The molecule has 2 heteroatoms. The maximum absolute atomic E-state index is 6.33. The summed E-state index contributed by atoms with van der Waals surface area (Å²) >= 11 is 0. The Morgan fingerprint density at radius 3 is 1.24 bits per heavy atom. The second-order valence-corrected chi connectivity index (χ2v) is 12.7. The fourth-order valence-corrected chi connectivity index (χ4v) is 7.13. The molecule has 152 valence electrons. The molecule has 0 aliphatic heterocycles. The number of rotatable bonds is 20. The van der Waals surface area contributed by atoms with E-state index in [-0.39, 0.29) is 0 Å². The lowest BCUT2D eigenvalue weighted by Gasteiger charge is -2.29. The Bertz CT molecular complexity index is 250. The standard InChI is InChI=1S/C23H50OSi/c1-5-9-10-11-12-13-14-15-16-17-18-19-20-21-23-25(7-3,8-4)24-22-6-2/h5-23H2,1-4H3. The van der Waals surface area contributed by atoms with Crippen molar-refractivity contribution in [2.45, 2.75) is 142 Å². The zero-order valence-electron chi connectivity index (χ0n) is 18.3. The van der Waals surface area contributed by atoms with Gasteiger partial charge in [-0.05, 0) is 24.6 Å². The lowest BCUT2D eigenvalue weighted by atomic mass is 10.0. The van der Waals surface area contributed by atoms with Gasteiger partial charge in [-0.2, -0.15) is 0 Å². The van der Waals surface area contributed by atoms with Gasteiger partial charge in [0.2, 0.25) is 0 Å². The minimum Gasteiger partial charge on any atom is -0.417 e. The molecule has 1 nitrogen and oxygen atoms in total. The van der Waals surface area contributed by atoms with Crippen molar-refractivity contribution >= 4 is 8.32 Å². The van der Waals surface area contributed by atoms with Crippen molar-refractivity contribution in [1.82, 2.24) is 0 Å². The van der Waals surface area contributed by atoms with Gasteiger partial charge < -0.3 is 4.43 Å². The van der Waals surface area contributed by atoms with Crippen LogP contribution < -0.4 is 0 Å². The third-order valence-electron chi connectivity index (χ3n) is 5.89. The molecule has 0 N–H and O–H groups in total. The second-order valence-electron chi connectivity index (χ2n) is 8.08. The highest BCUT2D eigenvalue weighted by molar-refractivity contribution is 6.73. The highest BCUT2D eigenvalue weighted by Crippen LogP contribution is 2.25. The van der Waals surface area contributed by atoms with Crippen LogP contribution in [0.1, 0.15) is 124 Å². The van der Waals surface area contributed by atoms with E-state index in [1.54, 1.807) is 0 Å². The molecule has 0 radical (unpaired) electrons. The van der Waals surface area contributed by atoms with Gasteiger partial charge in [0.15, 0.2) is 8.32 Å². The van der Waals surface area contributed by atoms with Crippen molar-refractivity contribution in [1.29, 1.82) is 0 Å². The zero-order valence-corrected chi connectivity index (χ0v) is 19.3. The molecule has 0 aliphatic rings. The van der Waals surface area contributed by atoms with E-state index in [1.807, 2.05) is 0 Å². The summed E-state index contributed by atoms with van der Waals surface area (Å²) in [4.78, 5) is 0. The fraction of sp³-hybridized carbons (Fsp3) is 1.00. The van der Waals surface area contributed by atoms with Gasteiger partial charge in [0.1, 0.15) is 0 Å². The summed E-state index contributed by atoms with van der Waals surface area (Å²) < 4.78 is 6.33. The van der Waals surface area contributed by atoms with E-state index in [4.69, 9.17) is 4.43 Å². The smallest absolute Gasteiger partial charge is 0.192 e. The average molecular weight is 371 g/mol. The summed E-state index contributed by atoms with van der Waals surface area (Å²) in [6.07, 6.45) is 21.5. The van der Waals surface area contributed by atoms with Crippen molar-refractivity contribution in [3.63, 3.8) is 0 Å². The molecule has 0 aromatic carbocycles. The Balaban J connectivity index is 3.39. The summed E-state index contributed by atoms with van der Waals surface area (Å²) in [5, 5.41) is 0. The molecule has 0 bridgehead atoms. The molecule has 0 rings (SSSR count). The zero-order chi connectivity index (χ0) is 18.6. The predicted octanol–water partition coefficient (Wildman–Crippen LogP) is 8.88. The van der Waals surface area contributed by atoms with Gasteiger partial charge >= 0.3 is 0 Å². The van der Waals surface area contributed by atoms with E-state index in [0.717, 1.165) is 6.61 Å². The van der Waals surface area contributed by atoms with Crippen LogP contribution in [-0.4, -0.2) is 14.9 Å². The molecule has 0 spiro atoms. The average Bonchev–Trinajstić information content (AvgIpc) is 2.65. The Labute approximate surface area is 161 Å². The number of hydrogen-bond acceptors (Lipinski definition) is 1. The van der Waals surface area contributed by atoms with Gasteiger partial charge in [0, 0.05) is 6.61 Å². The van der Waals surface area contributed by atoms with Gasteiger partial charge in [-0.25, -0.2) is 0 Å². The maximum Gasteiger partial charge on any atom is 0.192 e. The minimum absolute atomic E-state index is 0.993. The third-order valence-corrected chi connectivity index (χ3v) is 10.5. The van der Waals surface area contributed by atoms with Crippen molar-refractivity contribution in [3.8, 4) is 0 Å². The minimum atomic E-state index is -1.37. The lowest BCUT2D eigenvalue weighted by Crippen LogP contribution is -2.36. The van der Waals surface area contributed by atoms with E-state index < -0.39 is 8.32 Å². The first-order valence-corrected chi connectivity index (χ1v) is 14.4. The number of unbranched alkanes of at least 4 members (excludes halogenated alkanes) is 13. The van der Waals surface area contributed by atoms with Crippen LogP contribution in [0, 0.1) is 0 Å². The van der Waals surface area contributed by atoms with Crippen molar-refractivity contribution < 1.29 is 4.43 Å². The molecule has 0 atom stereocenters. The van der Waals surface area contributed by atoms with Gasteiger partial charge in [-0.3, -0.25) is 0 Å². The molecule has 0 saturated carbocycles. The van der Waals surface area contributed by atoms with E-state index >= 15 is 0 Å². The SMILES string of the molecule is CCCCCCCCCCCCCCCC[Si](CC)(CC)OCCC. The van der Waals surface area contributed by atoms with Gasteiger partial charge in [-0.15, -0.1) is 0 Å². The largest absolute Gasteiger partial charge is 0.417 e. The molecule has 0 amide bonds. The molecule has 0 unspecified atom stereocenters. The van der Waals surface area contributed by atoms with E-state index in [9.17, 15) is 0 Å². The van der Waals surface area contributed by atoms with Crippen molar-refractivity contribution in [3.05, 3.63) is 0 Å². The Morgan fingerprint density at radius 2 is 0.880 bits per heavy atom. The fourth-order valence-electron chi connectivity index (χ4n) is 3.84. The summed E-state index contributed by atoms with van der Waals surface area (Å²) in [5.74, 6) is 0. The summed E-state index contributed by atoms with van der Waals surface area (Å²) in [7, 11) is -1.37. The van der Waals surface area contributed by atoms with Crippen molar-refractivity contribution in [2.75, 3.05) is 6.61 Å². The highest BCUT2D eigenvalue weighted by atomic mass is 28.4. The maximum atomic E-state index is 6.33. The molecular weight excluding hydrogens is 320 g/mol. The lowest BCUT2D eigenvalue weighted by molar-refractivity contribution is 0.297. The summed E-state index contributed by atoms with van der Waals surface area (Å²) in [5.41, 5.74) is 0. The van der Waals surface area contributed by atoms with E-state index in [2.05, 4.69) is 27.7 Å². The van der Waals surface area contributed by atoms with Crippen molar-refractivity contribution in [2.24, 2.45) is 0 Å². The molecule has 0 heterocycles. The molecular formula is C23H50OSi. The van der Waals surface area contributed by atoms with Crippen LogP contribution in [0.2, 0.25) is 18.1 Å². The van der Waals surface area contributed by atoms with Crippen LogP contribution in [0.25, 0.3) is 0 Å². The van der Waals surface area contributed by atoms with E-state index in [0.29, 0.717) is 0 Å². The molecule has 0 aliphatic carbocycles. The molecule has 0 saturated heterocycles. The molecule has 0 aromatic rings. The first kappa shape index (κ1) is 25.2. The first-order chi connectivity index (χ1) is 12.2. The Kier molecular flexibility index (Phi) is 19.1. The Morgan fingerprint density at radius 1 is 0.480 bits per heavy atom. The van der Waals surface area contributed by atoms with Gasteiger partial charge in [-0.1, -0.05) is 118 Å². The van der Waals surface area contributed by atoms with Gasteiger partial charge in [0.05, 0.1) is 0 Å². The first-order valence-electron chi connectivity index (χ1n) is 11.9. The molecule has 0 fully saturated rings. The predicted molar refractivity (Wildman–Crippen MR) is 118 cm³/mol. The quantitative estimate of drug-likeness (QED) is 0.153.